The molecule has 0 radical (unpaired) electrons. The Bertz CT molecular complexity index is 362. The average molecular weight is 228 g/mol. The lowest BCUT2D eigenvalue weighted by Crippen LogP contribution is -2.06. The molecule has 1 heterocycles. The molecule has 15 heavy (non-hydrogen) atoms. The molecular weight excluding hydrogens is 217 g/mol. The second kappa shape index (κ2) is 6.20. The minimum Gasteiger partial charge on any atom is -0.367 e. The second-order valence-electron chi connectivity index (χ2n) is 2.92. The van der Waals surface area contributed by atoms with Gasteiger partial charge >= 0.3 is 0 Å². The molecule has 1 aromatic rings. The van der Waals surface area contributed by atoms with Crippen LogP contribution < -0.4 is 5.32 Å². The van der Waals surface area contributed by atoms with E-state index in [-0.39, 0.29) is 11.1 Å². The first-order chi connectivity index (χ1) is 7.24. The summed E-state index contributed by atoms with van der Waals surface area (Å²) in [5, 5.41) is 2.86. The van der Waals surface area contributed by atoms with Crippen molar-refractivity contribution >= 4 is 17.4 Å². The van der Waals surface area contributed by atoms with Crippen molar-refractivity contribution < 1.29 is 4.39 Å². The number of hydrogen-bond acceptors (Lipinski definition) is 3. The first kappa shape index (κ1) is 11.7. The molecule has 0 saturated carbocycles. The van der Waals surface area contributed by atoms with Gasteiger partial charge in [0.2, 0.25) is 5.28 Å². The topological polar surface area (TPSA) is 37.8 Å². The molecule has 1 rings (SSSR count). The third-order valence-corrected chi connectivity index (χ3v) is 1.94. The van der Waals surface area contributed by atoms with Gasteiger partial charge in [-0.2, -0.15) is 4.98 Å². The molecule has 0 bridgehead atoms. The van der Waals surface area contributed by atoms with Crippen LogP contribution in [0.3, 0.4) is 0 Å². The number of terminal acetylenes is 1. The van der Waals surface area contributed by atoms with Crippen LogP contribution in [0.5, 0.6) is 0 Å². The Morgan fingerprint density at radius 2 is 2.33 bits per heavy atom. The van der Waals surface area contributed by atoms with Gasteiger partial charge in [0.15, 0.2) is 11.6 Å². The van der Waals surface area contributed by atoms with Crippen LogP contribution in [0, 0.1) is 18.2 Å². The summed E-state index contributed by atoms with van der Waals surface area (Å²) >= 11 is 5.52. The molecular formula is C10H11ClFN3. The van der Waals surface area contributed by atoms with E-state index in [9.17, 15) is 4.39 Å². The lowest BCUT2D eigenvalue weighted by molar-refractivity contribution is 0.615. The van der Waals surface area contributed by atoms with Gasteiger partial charge in [-0.25, -0.2) is 9.37 Å². The molecule has 0 aromatic carbocycles. The van der Waals surface area contributed by atoms with Crippen molar-refractivity contribution in [2.24, 2.45) is 0 Å². The van der Waals surface area contributed by atoms with E-state index in [1.54, 1.807) is 0 Å². The maximum absolute atomic E-state index is 13.1. The lowest BCUT2D eigenvalue weighted by Gasteiger charge is -2.05. The van der Waals surface area contributed by atoms with E-state index in [4.69, 9.17) is 18.0 Å². The van der Waals surface area contributed by atoms with Gasteiger partial charge in [0.1, 0.15) is 0 Å². The Labute approximate surface area is 93.1 Å². The molecule has 0 aliphatic heterocycles. The summed E-state index contributed by atoms with van der Waals surface area (Å²) in [4.78, 5) is 7.23. The number of hydrogen-bond donors (Lipinski definition) is 1. The van der Waals surface area contributed by atoms with Crippen molar-refractivity contribution in [3.63, 3.8) is 0 Å². The van der Waals surface area contributed by atoms with E-state index in [1.165, 1.54) is 0 Å². The van der Waals surface area contributed by atoms with Gasteiger partial charge < -0.3 is 5.32 Å². The predicted octanol–water partition coefficient (Wildman–Crippen LogP) is 2.48. The largest absolute Gasteiger partial charge is 0.367 e. The van der Waals surface area contributed by atoms with Crippen LogP contribution in [0.25, 0.3) is 0 Å². The molecule has 3 nitrogen and oxygen atoms in total. The maximum atomic E-state index is 13.1. The monoisotopic (exact) mass is 227 g/mol. The summed E-state index contributed by atoms with van der Waals surface area (Å²) in [5.74, 6) is 2.17. The summed E-state index contributed by atoms with van der Waals surface area (Å²) in [6, 6.07) is 0. The van der Waals surface area contributed by atoms with Gasteiger partial charge in [0.05, 0.1) is 6.20 Å². The van der Waals surface area contributed by atoms with Crippen LogP contribution in [0.1, 0.15) is 19.3 Å². The molecule has 0 spiro atoms. The van der Waals surface area contributed by atoms with E-state index in [1.807, 2.05) is 0 Å². The Morgan fingerprint density at radius 1 is 1.53 bits per heavy atom. The van der Waals surface area contributed by atoms with Crippen LogP contribution in [0.2, 0.25) is 5.28 Å². The minimum absolute atomic E-state index is 0.0301. The fraction of sp³-hybridized carbons (Fsp3) is 0.400. The number of halogens is 2. The van der Waals surface area contributed by atoms with Crippen molar-refractivity contribution in [3.8, 4) is 12.3 Å². The van der Waals surface area contributed by atoms with Gasteiger partial charge in [0.25, 0.3) is 0 Å². The normalized spacial score (nSPS) is 9.67. The highest BCUT2D eigenvalue weighted by molar-refractivity contribution is 6.28. The molecule has 1 N–H and O–H groups in total. The SMILES string of the molecule is C#CCCCCNc1nc(Cl)ncc1F. The lowest BCUT2D eigenvalue weighted by atomic mass is 10.2. The highest BCUT2D eigenvalue weighted by Crippen LogP contribution is 2.11. The van der Waals surface area contributed by atoms with Crippen LogP contribution in [0.15, 0.2) is 6.20 Å². The van der Waals surface area contributed by atoms with Gasteiger partial charge in [0, 0.05) is 13.0 Å². The number of rotatable bonds is 5. The first-order valence-electron chi connectivity index (χ1n) is 4.59. The van der Waals surface area contributed by atoms with Crippen molar-refractivity contribution in [1.29, 1.82) is 0 Å². The third kappa shape index (κ3) is 4.13. The predicted molar refractivity (Wildman–Crippen MR) is 58.2 cm³/mol. The maximum Gasteiger partial charge on any atom is 0.224 e. The zero-order valence-electron chi connectivity index (χ0n) is 8.13. The van der Waals surface area contributed by atoms with E-state index in [0.717, 1.165) is 25.5 Å². The molecule has 0 aliphatic rings. The average Bonchev–Trinajstić information content (AvgIpc) is 2.23. The molecule has 0 fully saturated rings. The molecule has 5 heteroatoms. The van der Waals surface area contributed by atoms with Gasteiger partial charge in [-0.15, -0.1) is 12.3 Å². The molecule has 0 atom stereocenters. The van der Waals surface area contributed by atoms with Gasteiger partial charge in [-0.3, -0.25) is 0 Å². The molecule has 0 saturated heterocycles. The van der Waals surface area contributed by atoms with Crippen molar-refractivity contribution in [3.05, 3.63) is 17.3 Å². The molecule has 0 unspecified atom stereocenters. The third-order valence-electron chi connectivity index (χ3n) is 1.76. The van der Waals surface area contributed by atoms with Crippen molar-refractivity contribution in [1.82, 2.24) is 9.97 Å². The highest BCUT2D eigenvalue weighted by atomic mass is 35.5. The summed E-state index contributed by atoms with van der Waals surface area (Å²) in [6.45, 7) is 0.617. The standard InChI is InChI=1S/C10H11ClFN3/c1-2-3-4-5-6-13-9-8(12)7-14-10(11)15-9/h1,7H,3-6H2,(H,13,14,15). The van der Waals surface area contributed by atoms with Crippen LogP contribution in [-0.2, 0) is 0 Å². The van der Waals surface area contributed by atoms with Crippen molar-refractivity contribution in [2.75, 3.05) is 11.9 Å². The number of aromatic nitrogens is 2. The van der Waals surface area contributed by atoms with Crippen LogP contribution >= 0.6 is 11.6 Å². The number of nitrogens with one attached hydrogen (secondary N) is 1. The van der Waals surface area contributed by atoms with E-state index in [0.29, 0.717) is 6.54 Å². The van der Waals surface area contributed by atoms with E-state index in [2.05, 4.69) is 21.2 Å². The Hall–Kier alpha value is -1.34. The first-order valence-corrected chi connectivity index (χ1v) is 4.97. The molecule has 0 aliphatic carbocycles. The molecule has 0 amide bonds. The minimum atomic E-state index is -0.503. The van der Waals surface area contributed by atoms with Crippen molar-refractivity contribution in [2.45, 2.75) is 19.3 Å². The number of nitrogens with zero attached hydrogens (tertiary/aromatic N) is 2. The zero-order valence-corrected chi connectivity index (χ0v) is 8.89. The van der Waals surface area contributed by atoms with E-state index < -0.39 is 5.82 Å². The van der Waals surface area contributed by atoms with Crippen LogP contribution in [0.4, 0.5) is 10.2 Å². The quantitative estimate of drug-likeness (QED) is 0.477. The number of anilines is 1. The van der Waals surface area contributed by atoms with E-state index >= 15 is 0 Å². The summed E-state index contributed by atoms with van der Waals surface area (Å²) < 4.78 is 13.1. The summed E-state index contributed by atoms with van der Waals surface area (Å²) in [5.41, 5.74) is 0. The van der Waals surface area contributed by atoms with Crippen LogP contribution in [-0.4, -0.2) is 16.5 Å². The molecule has 80 valence electrons. The highest BCUT2D eigenvalue weighted by Gasteiger charge is 2.04. The number of unbranched alkanes of at least 4 members (excludes halogenated alkanes) is 2. The Morgan fingerprint density at radius 3 is 3.07 bits per heavy atom. The summed E-state index contributed by atoms with van der Waals surface area (Å²) in [6.07, 6.45) is 8.64. The zero-order chi connectivity index (χ0) is 11.1. The second-order valence-corrected chi connectivity index (χ2v) is 3.26. The molecule has 1 aromatic heterocycles. The Kier molecular flexibility index (Phi) is 4.85. The fourth-order valence-corrected chi connectivity index (χ4v) is 1.16. The fourth-order valence-electron chi connectivity index (χ4n) is 1.03. The Balaban J connectivity index is 2.37. The van der Waals surface area contributed by atoms with Gasteiger partial charge in [-0.05, 0) is 24.4 Å². The van der Waals surface area contributed by atoms with Gasteiger partial charge in [-0.1, -0.05) is 0 Å². The smallest absolute Gasteiger partial charge is 0.224 e. The summed E-state index contributed by atoms with van der Waals surface area (Å²) in [7, 11) is 0.